The van der Waals surface area contributed by atoms with Crippen LogP contribution in [0.2, 0.25) is 0 Å². The van der Waals surface area contributed by atoms with Crippen LogP contribution >= 0.6 is 22.7 Å². The third kappa shape index (κ3) is 4.22. The van der Waals surface area contributed by atoms with Crippen LogP contribution in [0.1, 0.15) is 35.5 Å². The number of nitrogens with one attached hydrogen (secondary N) is 1. The smallest absolute Gasteiger partial charge is 0.0980 e. The molecular formula is C13H18N2S2. The largest absolute Gasteiger partial charge is 0.307 e. The summed E-state index contributed by atoms with van der Waals surface area (Å²) in [6, 6.07) is 4.26. The van der Waals surface area contributed by atoms with E-state index in [0.29, 0.717) is 0 Å². The fourth-order valence-corrected chi connectivity index (χ4v) is 3.11. The molecule has 2 rings (SSSR count). The Morgan fingerprint density at radius 2 is 2.12 bits per heavy atom. The van der Waals surface area contributed by atoms with Crippen molar-refractivity contribution in [1.29, 1.82) is 0 Å². The summed E-state index contributed by atoms with van der Waals surface area (Å²) in [5.74, 6) is 0. The Morgan fingerprint density at radius 3 is 2.76 bits per heavy atom. The Bertz CT molecular complexity index is 452. The number of rotatable bonds is 4. The molecule has 0 atom stereocenters. The molecule has 0 fully saturated rings. The van der Waals surface area contributed by atoms with Crippen molar-refractivity contribution in [2.24, 2.45) is 0 Å². The van der Waals surface area contributed by atoms with Gasteiger partial charge in [0.1, 0.15) is 0 Å². The van der Waals surface area contributed by atoms with Gasteiger partial charge in [-0.15, -0.1) is 22.7 Å². The second-order valence-electron chi connectivity index (χ2n) is 5.08. The normalized spacial score (nSPS) is 11.9. The lowest BCUT2D eigenvalue weighted by Crippen LogP contribution is -2.34. The molecule has 2 aromatic heterocycles. The summed E-state index contributed by atoms with van der Waals surface area (Å²) in [5, 5.41) is 6.81. The van der Waals surface area contributed by atoms with Gasteiger partial charge in [-0.3, -0.25) is 0 Å². The van der Waals surface area contributed by atoms with E-state index in [1.807, 2.05) is 6.20 Å². The maximum atomic E-state index is 4.48. The number of thiazole rings is 1. The van der Waals surface area contributed by atoms with Crippen molar-refractivity contribution in [2.45, 2.75) is 39.3 Å². The topological polar surface area (TPSA) is 24.9 Å². The molecular weight excluding hydrogens is 248 g/mol. The van der Waals surface area contributed by atoms with Gasteiger partial charge in [0.15, 0.2) is 0 Å². The minimum absolute atomic E-state index is 0.165. The highest BCUT2D eigenvalue weighted by molar-refractivity contribution is 7.12. The molecule has 0 radical (unpaired) electrons. The first kappa shape index (κ1) is 12.7. The maximum absolute atomic E-state index is 4.48. The van der Waals surface area contributed by atoms with Crippen LogP contribution in [0.4, 0.5) is 0 Å². The zero-order valence-corrected chi connectivity index (χ0v) is 12.1. The molecule has 0 unspecified atom stereocenters. The van der Waals surface area contributed by atoms with Gasteiger partial charge in [0.05, 0.1) is 5.01 Å². The van der Waals surface area contributed by atoms with Gasteiger partial charge in [-0.1, -0.05) is 6.07 Å². The van der Waals surface area contributed by atoms with Crippen LogP contribution in [-0.2, 0) is 13.0 Å². The molecule has 0 aliphatic rings. The first-order valence-electron chi connectivity index (χ1n) is 5.74. The van der Waals surface area contributed by atoms with Crippen molar-refractivity contribution in [3.05, 3.63) is 38.5 Å². The molecule has 1 N–H and O–H groups in total. The monoisotopic (exact) mass is 266 g/mol. The predicted octanol–water partition coefficient (Wildman–Crippen LogP) is 3.68. The summed E-state index contributed by atoms with van der Waals surface area (Å²) in [4.78, 5) is 7.17. The van der Waals surface area contributed by atoms with Crippen molar-refractivity contribution >= 4 is 22.7 Å². The lowest BCUT2D eigenvalue weighted by molar-refractivity contribution is 0.426. The van der Waals surface area contributed by atoms with Crippen LogP contribution in [0.25, 0.3) is 0 Å². The molecule has 17 heavy (non-hydrogen) atoms. The van der Waals surface area contributed by atoms with Gasteiger partial charge in [0.25, 0.3) is 0 Å². The minimum atomic E-state index is 0.165. The summed E-state index contributed by atoms with van der Waals surface area (Å²) < 4.78 is 0. The van der Waals surface area contributed by atoms with Gasteiger partial charge in [0, 0.05) is 34.5 Å². The summed E-state index contributed by atoms with van der Waals surface area (Å²) in [6.45, 7) is 7.45. The molecule has 0 aliphatic carbocycles. The van der Waals surface area contributed by atoms with Crippen molar-refractivity contribution in [3.63, 3.8) is 0 Å². The Hall–Kier alpha value is -0.710. The van der Waals surface area contributed by atoms with Crippen LogP contribution < -0.4 is 5.32 Å². The highest BCUT2D eigenvalue weighted by Gasteiger charge is 2.10. The second-order valence-corrected chi connectivity index (χ2v) is 7.31. The molecule has 0 saturated heterocycles. The van der Waals surface area contributed by atoms with Gasteiger partial charge in [0.2, 0.25) is 0 Å². The van der Waals surface area contributed by atoms with Crippen LogP contribution in [0.3, 0.4) is 0 Å². The molecule has 2 heterocycles. The van der Waals surface area contributed by atoms with Crippen LogP contribution in [0, 0.1) is 0 Å². The molecule has 0 aromatic carbocycles. The Kier molecular flexibility index (Phi) is 3.97. The zero-order valence-electron chi connectivity index (χ0n) is 10.5. The fourth-order valence-electron chi connectivity index (χ4n) is 1.43. The molecule has 0 aliphatic heterocycles. The first-order chi connectivity index (χ1) is 8.03. The summed E-state index contributed by atoms with van der Waals surface area (Å²) in [7, 11) is 0. The lowest BCUT2D eigenvalue weighted by Gasteiger charge is -2.19. The van der Waals surface area contributed by atoms with Crippen molar-refractivity contribution < 1.29 is 0 Å². The van der Waals surface area contributed by atoms with Crippen LogP contribution in [0.5, 0.6) is 0 Å². The van der Waals surface area contributed by atoms with Gasteiger partial charge in [-0.2, -0.15) is 0 Å². The summed E-state index contributed by atoms with van der Waals surface area (Å²) >= 11 is 3.60. The van der Waals surface area contributed by atoms with E-state index in [1.54, 1.807) is 22.7 Å². The van der Waals surface area contributed by atoms with E-state index < -0.39 is 0 Å². The first-order valence-corrected chi connectivity index (χ1v) is 7.43. The number of hydrogen-bond acceptors (Lipinski definition) is 4. The quantitative estimate of drug-likeness (QED) is 0.913. The van der Waals surface area contributed by atoms with E-state index in [1.165, 1.54) is 14.8 Å². The van der Waals surface area contributed by atoms with E-state index in [9.17, 15) is 0 Å². The van der Waals surface area contributed by atoms with Gasteiger partial charge < -0.3 is 5.32 Å². The van der Waals surface area contributed by atoms with E-state index in [2.05, 4.69) is 48.6 Å². The molecule has 0 saturated carbocycles. The molecule has 92 valence electrons. The molecule has 2 nitrogen and oxygen atoms in total. The molecule has 2 aromatic rings. The fraction of sp³-hybridized carbons (Fsp3) is 0.462. The number of thiophene rings is 1. The third-order valence-corrected chi connectivity index (χ3v) is 4.17. The average Bonchev–Trinajstić information content (AvgIpc) is 2.86. The van der Waals surface area contributed by atoms with E-state index in [-0.39, 0.29) is 5.54 Å². The predicted molar refractivity (Wildman–Crippen MR) is 75.8 cm³/mol. The number of nitrogens with zero attached hydrogens (tertiary/aromatic N) is 1. The van der Waals surface area contributed by atoms with E-state index in [4.69, 9.17) is 0 Å². The van der Waals surface area contributed by atoms with Crippen molar-refractivity contribution in [1.82, 2.24) is 10.3 Å². The van der Waals surface area contributed by atoms with Gasteiger partial charge >= 0.3 is 0 Å². The highest BCUT2D eigenvalue weighted by Crippen LogP contribution is 2.19. The van der Waals surface area contributed by atoms with Crippen LogP contribution in [0.15, 0.2) is 23.7 Å². The SMILES string of the molecule is CC(C)(C)NCc1cnc(Cc2cccs2)s1. The van der Waals surface area contributed by atoms with E-state index in [0.717, 1.165) is 13.0 Å². The van der Waals surface area contributed by atoms with E-state index >= 15 is 0 Å². The molecule has 0 amide bonds. The zero-order chi connectivity index (χ0) is 12.3. The molecule has 0 bridgehead atoms. The third-order valence-electron chi connectivity index (χ3n) is 2.30. The Balaban J connectivity index is 1.92. The van der Waals surface area contributed by atoms with Crippen molar-refractivity contribution in [3.8, 4) is 0 Å². The molecule has 4 heteroatoms. The average molecular weight is 266 g/mol. The number of aromatic nitrogens is 1. The summed E-state index contributed by atoms with van der Waals surface area (Å²) in [5.41, 5.74) is 0.165. The minimum Gasteiger partial charge on any atom is -0.307 e. The lowest BCUT2D eigenvalue weighted by atomic mass is 10.1. The molecule has 0 spiro atoms. The van der Waals surface area contributed by atoms with Crippen LogP contribution in [-0.4, -0.2) is 10.5 Å². The maximum Gasteiger partial charge on any atom is 0.0980 e. The number of hydrogen-bond donors (Lipinski definition) is 1. The van der Waals surface area contributed by atoms with Crippen molar-refractivity contribution in [2.75, 3.05) is 0 Å². The Labute approximate surface area is 111 Å². The Morgan fingerprint density at radius 1 is 1.29 bits per heavy atom. The van der Waals surface area contributed by atoms with Gasteiger partial charge in [-0.05, 0) is 32.2 Å². The summed E-state index contributed by atoms with van der Waals surface area (Å²) in [6.07, 6.45) is 2.96. The standard InChI is InChI=1S/C13H18N2S2/c1-13(2,3)15-9-11-8-14-12(17-11)7-10-5-4-6-16-10/h4-6,8,15H,7,9H2,1-3H3. The van der Waals surface area contributed by atoms with Gasteiger partial charge in [-0.25, -0.2) is 4.98 Å². The highest BCUT2D eigenvalue weighted by atomic mass is 32.1. The second kappa shape index (κ2) is 5.29.